The Balaban J connectivity index is 2.84. The van der Waals surface area contributed by atoms with Gasteiger partial charge in [-0.3, -0.25) is 10.1 Å². The van der Waals surface area contributed by atoms with Crippen LogP contribution in [0.2, 0.25) is 0 Å². The van der Waals surface area contributed by atoms with Crippen molar-refractivity contribution in [2.24, 2.45) is 11.1 Å². The van der Waals surface area contributed by atoms with E-state index in [4.69, 9.17) is 9.88 Å². The first-order valence-electron chi connectivity index (χ1n) is 6.53. The molecule has 0 radical (unpaired) electrons. The molecule has 1 rings (SSSR count). The molecule has 0 aliphatic carbocycles. The Kier molecular flexibility index (Phi) is 5.68. The predicted molar refractivity (Wildman–Crippen MR) is 79.8 cm³/mol. The Morgan fingerprint density at radius 1 is 1.33 bits per heavy atom. The number of nitro benzene ring substituents is 1. The summed E-state index contributed by atoms with van der Waals surface area (Å²) in [5.74, 6) is 0.162. The smallest absolute Gasteiger partial charge is 0.272 e. The molecule has 8 heteroatoms. The van der Waals surface area contributed by atoms with Crippen molar-refractivity contribution in [3.8, 4) is 5.75 Å². The zero-order valence-electron chi connectivity index (χ0n) is 12.3. The normalized spacial score (nSPS) is 13.0. The Hall–Kier alpha value is -1.67. The lowest BCUT2D eigenvalue weighted by atomic mass is 10.1. The number of hydrogen-bond acceptors (Lipinski definition) is 5. The Morgan fingerprint density at radius 3 is 2.43 bits per heavy atom. The third-order valence-electron chi connectivity index (χ3n) is 3.21. The minimum absolute atomic E-state index is 0.0384. The highest BCUT2D eigenvalue weighted by Gasteiger charge is 2.17. The van der Waals surface area contributed by atoms with Crippen molar-refractivity contribution in [3.05, 3.63) is 33.4 Å². The van der Waals surface area contributed by atoms with E-state index in [0.29, 0.717) is 23.3 Å². The van der Waals surface area contributed by atoms with Crippen LogP contribution in [0, 0.1) is 29.9 Å². The maximum Gasteiger partial charge on any atom is 0.272 e. The highest BCUT2D eigenvalue weighted by Crippen LogP contribution is 2.28. The van der Waals surface area contributed by atoms with Crippen LogP contribution in [-0.4, -0.2) is 25.7 Å². The van der Waals surface area contributed by atoms with Crippen LogP contribution in [-0.2, 0) is 10.0 Å². The molecule has 1 aromatic carbocycles. The van der Waals surface area contributed by atoms with Crippen LogP contribution in [0.3, 0.4) is 0 Å². The van der Waals surface area contributed by atoms with Gasteiger partial charge in [0.15, 0.2) is 0 Å². The van der Waals surface area contributed by atoms with E-state index < -0.39 is 14.9 Å². The van der Waals surface area contributed by atoms with Gasteiger partial charge in [-0.15, -0.1) is 0 Å². The number of rotatable bonds is 7. The third-order valence-corrected chi connectivity index (χ3v) is 4.15. The number of primary sulfonamides is 1. The van der Waals surface area contributed by atoms with Crippen molar-refractivity contribution in [2.75, 3.05) is 12.4 Å². The van der Waals surface area contributed by atoms with Crippen LogP contribution in [0.15, 0.2) is 12.1 Å². The van der Waals surface area contributed by atoms with E-state index in [-0.39, 0.29) is 24.0 Å². The lowest BCUT2D eigenvalue weighted by Gasteiger charge is -2.16. The molecule has 0 saturated carbocycles. The van der Waals surface area contributed by atoms with Gasteiger partial charge in [0.05, 0.1) is 17.3 Å². The molecule has 1 unspecified atom stereocenters. The Labute approximate surface area is 124 Å². The molecule has 0 aromatic heterocycles. The summed E-state index contributed by atoms with van der Waals surface area (Å²) in [7, 11) is -3.55. The number of nitrogens with zero attached hydrogens (tertiary/aromatic N) is 1. The van der Waals surface area contributed by atoms with Crippen LogP contribution in [0.5, 0.6) is 5.75 Å². The molecule has 7 nitrogen and oxygen atoms in total. The topological polar surface area (TPSA) is 113 Å². The summed E-state index contributed by atoms with van der Waals surface area (Å²) in [6, 6.07) is 3.04. The molecular formula is C13H20N2O5S. The average Bonchev–Trinajstić information content (AvgIpc) is 2.35. The van der Waals surface area contributed by atoms with Crippen LogP contribution < -0.4 is 9.88 Å². The molecule has 118 valence electrons. The minimum Gasteiger partial charge on any atom is -0.493 e. The zero-order valence-corrected chi connectivity index (χ0v) is 13.1. The van der Waals surface area contributed by atoms with E-state index in [1.807, 2.05) is 6.92 Å². The molecule has 0 bridgehead atoms. The summed E-state index contributed by atoms with van der Waals surface area (Å²) >= 11 is 0. The van der Waals surface area contributed by atoms with Gasteiger partial charge in [0.1, 0.15) is 5.75 Å². The van der Waals surface area contributed by atoms with Gasteiger partial charge in [0.25, 0.3) is 5.69 Å². The number of hydrogen-bond donors (Lipinski definition) is 1. The summed E-state index contributed by atoms with van der Waals surface area (Å²) in [5, 5.41) is 15.9. The van der Waals surface area contributed by atoms with Gasteiger partial charge in [0.2, 0.25) is 10.0 Å². The lowest BCUT2D eigenvalue weighted by Crippen LogP contribution is -2.26. The van der Waals surface area contributed by atoms with Crippen molar-refractivity contribution in [3.63, 3.8) is 0 Å². The third kappa shape index (κ3) is 5.31. The fourth-order valence-electron chi connectivity index (χ4n) is 1.95. The second-order valence-electron chi connectivity index (χ2n) is 5.08. The van der Waals surface area contributed by atoms with Crippen molar-refractivity contribution in [1.82, 2.24) is 0 Å². The molecule has 0 aliphatic rings. The minimum atomic E-state index is -3.55. The van der Waals surface area contributed by atoms with Gasteiger partial charge < -0.3 is 4.74 Å². The molecule has 0 saturated heterocycles. The highest BCUT2D eigenvalue weighted by atomic mass is 32.2. The van der Waals surface area contributed by atoms with E-state index >= 15 is 0 Å². The number of sulfonamides is 1. The SMILES string of the molecule is CCC(COc1cc(C)c([N+](=O)[O-])cc1C)CS(N)(=O)=O. The molecule has 1 atom stereocenters. The van der Waals surface area contributed by atoms with E-state index in [1.165, 1.54) is 6.07 Å². The molecule has 0 spiro atoms. The van der Waals surface area contributed by atoms with E-state index in [1.54, 1.807) is 19.9 Å². The van der Waals surface area contributed by atoms with Crippen LogP contribution in [0.1, 0.15) is 24.5 Å². The van der Waals surface area contributed by atoms with E-state index in [9.17, 15) is 18.5 Å². The fourth-order valence-corrected chi connectivity index (χ4v) is 2.94. The first-order chi connectivity index (χ1) is 9.64. The molecule has 0 fully saturated rings. The maximum atomic E-state index is 11.1. The average molecular weight is 316 g/mol. The second-order valence-corrected chi connectivity index (χ2v) is 6.74. The van der Waals surface area contributed by atoms with Gasteiger partial charge in [-0.1, -0.05) is 6.92 Å². The standard InChI is InChI=1S/C13H20N2O5S/c1-4-11(8-21(14,18)19)7-20-13-6-9(2)12(15(16)17)5-10(13)3/h5-6,11H,4,7-8H2,1-3H3,(H2,14,18,19). The first-order valence-corrected chi connectivity index (χ1v) is 8.24. The quantitative estimate of drug-likeness (QED) is 0.610. The summed E-state index contributed by atoms with van der Waals surface area (Å²) in [6.07, 6.45) is 0.613. The largest absolute Gasteiger partial charge is 0.493 e. The predicted octanol–water partition coefficient (Wildman–Crippen LogP) is 1.91. The highest BCUT2D eigenvalue weighted by molar-refractivity contribution is 7.89. The van der Waals surface area contributed by atoms with Crippen molar-refractivity contribution in [2.45, 2.75) is 27.2 Å². The maximum absolute atomic E-state index is 11.1. The second kappa shape index (κ2) is 6.86. The van der Waals surface area contributed by atoms with Gasteiger partial charge in [-0.2, -0.15) is 0 Å². The molecule has 21 heavy (non-hydrogen) atoms. The first kappa shape index (κ1) is 17.4. The molecule has 0 heterocycles. The number of nitro groups is 1. The monoisotopic (exact) mass is 316 g/mol. The van der Waals surface area contributed by atoms with Gasteiger partial charge in [-0.25, -0.2) is 13.6 Å². The number of ether oxygens (including phenoxy) is 1. The van der Waals surface area contributed by atoms with Crippen molar-refractivity contribution >= 4 is 15.7 Å². The number of aryl methyl sites for hydroxylation is 2. The summed E-state index contributed by atoms with van der Waals surface area (Å²) in [4.78, 5) is 10.4. The van der Waals surface area contributed by atoms with Crippen LogP contribution in [0.25, 0.3) is 0 Å². The van der Waals surface area contributed by atoms with E-state index in [0.717, 1.165) is 0 Å². The summed E-state index contributed by atoms with van der Waals surface area (Å²) in [5.41, 5.74) is 1.18. The summed E-state index contributed by atoms with van der Waals surface area (Å²) < 4.78 is 27.8. The molecule has 0 amide bonds. The summed E-state index contributed by atoms with van der Waals surface area (Å²) in [6.45, 7) is 5.40. The van der Waals surface area contributed by atoms with Crippen LogP contribution in [0.4, 0.5) is 5.69 Å². The van der Waals surface area contributed by atoms with Crippen LogP contribution >= 0.6 is 0 Å². The molecule has 0 aliphatic heterocycles. The molecule has 2 N–H and O–H groups in total. The van der Waals surface area contributed by atoms with E-state index in [2.05, 4.69) is 0 Å². The van der Waals surface area contributed by atoms with Crippen molar-refractivity contribution < 1.29 is 18.1 Å². The zero-order chi connectivity index (χ0) is 16.2. The Morgan fingerprint density at radius 2 is 1.95 bits per heavy atom. The van der Waals surface area contributed by atoms with Gasteiger partial charge in [-0.05, 0) is 31.9 Å². The number of nitrogens with two attached hydrogens (primary N) is 1. The fraction of sp³-hybridized carbons (Fsp3) is 0.538. The molecule has 1 aromatic rings. The molecular weight excluding hydrogens is 296 g/mol. The lowest BCUT2D eigenvalue weighted by molar-refractivity contribution is -0.385. The number of benzene rings is 1. The van der Waals surface area contributed by atoms with Gasteiger partial charge in [0, 0.05) is 17.5 Å². The Bertz CT molecular complexity index is 628. The van der Waals surface area contributed by atoms with Gasteiger partial charge >= 0.3 is 0 Å². The van der Waals surface area contributed by atoms with Crippen molar-refractivity contribution in [1.29, 1.82) is 0 Å².